The molecule has 192 valence electrons. The van der Waals surface area contributed by atoms with Gasteiger partial charge in [-0.25, -0.2) is 4.79 Å². The molecule has 0 saturated carbocycles. The van der Waals surface area contributed by atoms with Crippen LogP contribution in [0.15, 0.2) is 48.5 Å². The number of hydrogen-bond acceptors (Lipinski definition) is 6. The van der Waals surface area contributed by atoms with E-state index in [0.29, 0.717) is 17.9 Å². The molecule has 0 radical (unpaired) electrons. The number of anilines is 2. The number of esters is 2. The lowest BCUT2D eigenvalue weighted by atomic mass is 10.1. The fourth-order valence-corrected chi connectivity index (χ4v) is 3.51. The van der Waals surface area contributed by atoms with Crippen LogP contribution in [0, 0.1) is 5.92 Å². The summed E-state index contributed by atoms with van der Waals surface area (Å²) >= 11 is 0. The normalized spacial score (nSPS) is 15.5. The van der Waals surface area contributed by atoms with E-state index in [1.807, 2.05) is 6.92 Å². The van der Waals surface area contributed by atoms with Gasteiger partial charge in [0.25, 0.3) is 5.91 Å². The molecular formula is C25H25F3N2O6. The summed E-state index contributed by atoms with van der Waals surface area (Å²) < 4.78 is 48.5. The van der Waals surface area contributed by atoms with Gasteiger partial charge >= 0.3 is 18.1 Å². The maximum atomic E-state index is 12.8. The van der Waals surface area contributed by atoms with Gasteiger partial charge in [0.1, 0.15) is 0 Å². The molecule has 1 aliphatic rings. The molecule has 2 aromatic carbocycles. The van der Waals surface area contributed by atoms with Gasteiger partial charge < -0.3 is 19.7 Å². The summed E-state index contributed by atoms with van der Waals surface area (Å²) in [4.78, 5) is 50.2. The standard InChI is InChI=1S/C25H25F3N2O6/c1-2-3-11-35-23(33)16-7-9-20(10-8-16)30-14-17(12-22(30)32)24(34)36-15-21(31)29-19-6-4-5-18(13-19)25(26,27)28/h4-10,13,17H,2-3,11-12,14-15H2,1H3,(H,29,31)/t17-/m1/s1. The first kappa shape index (κ1) is 26.7. The number of rotatable bonds is 9. The van der Waals surface area contributed by atoms with Gasteiger partial charge in [-0.1, -0.05) is 19.4 Å². The van der Waals surface area contributed by atoms with E-state index >= 15 is 0 Å². The number of alkyl halides is 3. The van der Waals surface area contributed by atoms with Crippen LogP contribution >= 0.6 is 0 Å². The van der Waals surface area contributed by atoms with Crippen molar-refractivity contribution in [2.45, 2.75) is 32.4 Å². The minimum absolute atomic E-state index is 0.0210. The molecule has 0 aromatic heterocycles. The van der Waals surface area contributed by atoms with Crippen molar-refractivity contribution < 1.29 is 41.8 Å². The van der Waals surface area contributed by atoms with Crippen LogP contribution in [0.5, 0.6) is 0 Å². The van der Waals surface area contributed by atoms with Crippen LogP contribution in [-0.4, -0.2) is 43.5 Å². The molecule has 11 heteroatoms. The van der Waals surface area contributed by atoms with E-state index in [1.54, 1.807) is 12.1 Å². The van der Waals surface area contributed by atoms with Gasteiger partial charge in [0.05, 0.1) is 23.7 Å². The Bertz CT molecular complexity index is 1120. The summed E-state index contributed by atoms with van der Waals surface area (Å²) in [6.45, 7) is 1.61. The number of unbranched alkanes of at least 4 members (excludes halogenated alkanes) is 1. The summed E-state index contributed by atoms with van der Waals surface area (Å²) in [5, 5.41) is 2.24. The number of nitrogens with one attached hydrogen (secondary N) is 1. The molecule has 0 spiro atoms. The summed E-state index contributed by atoms with van der Waals surface area (Å²) in [6, 6.07) is 10.3. The second kappa shape index (κ2) is 11.7. The highest BCUT2D eigenvalue weighted by atomic mass is 19.4. The third kappa shape index (κ3) is 7.06. The Labute approximate surface area is 205 Å². The van der Waals surface area contributed by atoms with Crippen LogP contribution < -0.4 is 10.2 Å². The molecule has 0 aliphatic carbocycles. The van der Waals surface area contributed by atoms with Crippen molar-refractivity contribution in [3.8, 4) is 0 Å². The molecule has 1 heterocycles. The highest BCUT2D eigenvalue weighted by Crippen LogP contribution is 2.30. The predicted molar refractivity (Wildman–Crippen MR) is 123 cm³/mol. The van der Waals surface area contributed by atoms with Crippen molar-refractivity contribution >= 4 is 35.1 Å². The van der Waals surface area contributed by atoms with Crippen molar-refractivity contribution in [3.05, 3.63) is 59.7 Å². The molecule has 0 bridgehead atoms. The lowest BCUT2D eigenvalue weighted by Gasteiger charge is -2.17. The largest absolute Gasteiger partial charge is 0.462 e. The van der Waals surface area contributed by atoms with Gasteiger partial charge in [-0.05, 0) is 48.9 Å². The van der Waals surface area contributed by atoms with Crippen LogP contribution in [0.3, 0.4) is 0 Å². The van der Waals surface area contributed by atoms with E-state index in [2.05, 4.69) is 5.32 Å². The lowest BCUT2D eigenvalue weighted by molar-refractivity contribution is -0.151. The molecule has 1 atom stereocenters. The molecule has 1 N–H and O–H groups in total. The zero-order valence-corrected chi connectivity index (χ0v) is 19.5. The molecule has 0 unspecified atom stereocenters. The molecular weight excluding hydrogens is 481 g/mol. The predicted octanol–water partition coefficient (Wildman–Crippen LogP) is 4.20. The summed E-state index contributed by atoms with van der Waals surface area (Å²) in [5.74, 6) is -3.21. The van der Waals surface area contributed by atoms with Crippen molar-refractivity contribution in [2.75, 3.05) is 30.0 Å². The number of carbonyl (C=O) groups is 4. The first-order chi connectivity index (χ1) is 17.1. The van der Waals surface area contributed by atoms with E-state index in [0.717, 1.165) is 31.0 Å². The Balaban J connectivity index is 1.50. The molecule has 3 rings (SSSR count). The maximum Gasteiger partial charge on any atom is 0.416 e. The molecule has 36 heavy (non-hydrogen) atoms. The smallest absolute Gasteiger partial charge is 0.416 e. The zero-order valence-electron chi connectivity index (χ0n) is 19.5. The summed E-state index contributed by atoms with van der Waals surface area (Å²) in [5.41, 5.74) is -0.194. The van der Waals surface area contributed by atoms with E-state index < -0.39 is 42.1 Å². The number of nitrogens with zero attached hydrogens (tertiary/aromatic N) is 1. The van der Waals surface area contributed by atoms with Crippen LogP contribution in [0.4, 0.5) is 24.5 Å². The van der Waals surface area contributed by atoms with Gasteiger partial charge in [-0.15, -0.1) is 0 Å². The van der Waals surface area contributed by atoms with E-state index in [1.165, 1.54) is 23.1 Å². The third-order valence-corrected chi connectivity index (χ3v) is 5.42. The van der Waals surface area contributed by atoms with Gasteiger partial charge in [-0.3, -0.25) is 14.4 Å². The SMILES string of the molecule is CCCCOC(=O)c1ccc(N2C[C@H](C(=O)OCC(=O)Nc3cccc(C(F)(F)F)c3)CC2=O)cc1. The lowest BCUT2D eigenvalue weighted by Crippen LogP contribution is -2.28. The Kier molecular flexibility index (Phi) is 8.68. The minimum Gasteiger partial charge on any atom is -0.462 e. The first-order valence-corrected chi connectivity index (χ1v) is 11.3. The molecule has 1 fully saturated rings. The van der Waals surface area contributed by atoms with Gasteiger partial charge in [-0.2, -0.15) is 13.2 Å². The third-order valence-electron chi connectivity index (χ3n) is 5.42. The number of hydrogen-bond donors (Lipinski definition) is 1. The van der Waals surface area contributed by atoms with Gasteiger partial charge in [0.2, 0.25) is 5.91 Å². The van der Waals surface area contributed by atoms with Crippen molar-refractivity contribution in [3.63, 3.8) is 0 Å². The van der Waals surface area contributed by atoms with Crippen molar-refractivity contribution in [2.24, 2.45) is 5.92 Å². The highest BCUT2D eigenvalue weighted by molar-refractivity contribution is 6.00. The summed E-state index contributed by atoms with van der Waals surface area (Å²) in [7, 11) is 0. The Morgan fingerprint density at radius 1 is 1.08 bits per heavy atom. The first-order valence-electron chi connectivity index (χ1n) is 11.3. The van der Waals surface area contributed by atoms with Gasteiger partial charge in [0, 0.05) is 24.3 Å². The molecule has 1 saturated heterocycles. The highest BCUT2D eigenvalue weighted by Gasteiger charge is 2.36. The quantitative estimate of drug-likeness (QED) is 0.404. The summed E-state index contributed by atoms with van der Waals surface area (Å²) in [6.07, 6.45) is -3.04. The topological polar surface area (TPSA) is 102 Å². The number of carbonyl (C=O) groups excluding carboxylic acids is 4. The zero-order chi connectivity index (χ0) is 26.3. The fraction of sp³-hybridized carbons (Fsp3) is 0.360. The Hall–Kier alpha value is -3.89. The van der Waals surface area contributed by atoms with Crippen molar-refractivity contribution in [1.29, 1.82) is 0 Å². The van der Waals surface area contributed by atoms with E-state index in [4.69, 9.17) is 9.47 Å². The van der Waals surface area contributed by atoms with Crippen LogP contribution in [-0.2, 0) is 30.0 Å². The monoisotopic (exact) mass is 506 g/mol. The van der Waals surface area contributed by atoms with E-state index in [-0.39, 0.29) is 24.6 Å². The average molecular weight is 506 g/mol. The minimum atomic E-state index is -4.56. The second-order valence-electron chi connectivity index (χ2n) is 8.18. The molecule has 8 nitrogen and oxygen atoms in total. The van der Waals surface area contributed by atoms with Crippen molar-refractivity contribution in [1.82, 2.24) is 0 Å². The number of halogens is 3. The Morgan fingerprint density at radius 3 is 2.47 bits per heavy atom. The molecule has 1 aliphatic heterocycles. The second-order valence-corrected chi connectivity index (χ2v) is 8.18. The van der Waals surface area contributed by atoms with Crippen LogP contribution in [0.2, 0.25) is 0 Å². The maximum absolute atomic E-state index is 12.8. The van der Waals surface area contributed by atoms with Crippen LogP contribution in [0.1, 0.15) is 42.1 Å². The van der Waals surface area contributed by atoms with Crippen LogP contribution in [0.25, 0.3) is 0 Å². The van der Waals surface area contributed by atoms with E-state index in [9.17, 15) is 32.3 Å². The number of amides is 2. The Morgan fingerprint density at radius 2 is 1.81 bits per heavy atom. The molecule has 2 amide bonds. The fourth-order valence-electron chi connectivity index (χ4n) is 3.51. The number of benzene rings is 2. The average Bonchev–Trinajstić information content (AvgIpc) is 3.24. The van der Waals surface area contributed by atoms with Gasteiger partial charge in [0.15, 0.2) is 6.61 Å². The molecule has 2 aromatic rings. The number of ether oxygens (including phenoxy) is 2.